The van der Waals surface area contributed by atoms with Crippen molar-refractivity contribution in [3.05, 3.63) is 189 Å². The summed E-state index contributed by atoms with van der Waals surface area (Å²) in [6.45, 7) is 21.2. The van der Waals surface area contributed by atoms with E-state index in [0.717, 1.165) is 65.8 Å². The van der Waals surface area contributed by atoms with Gasteiger partial charge in [-0.1, -0.05) is 141 Å². The molecule has 1 heterocycles. The van der Waals surface area contributed by atoms with Crippen LogP contribution in [0.25, 0.3) is 84.4 Å². The first-order valence-electron chi connectivity index (χ1n) is 19.2. The van der Waals surface area contributed by atoms with Crippen LogP contribution in [-0.2, 0) is 4.79 Å². The molecule has 0 N–H and O–H groups in total. The van der Waals surface area contributed by atoms with Crippen LogP contribution in [0.15, 0.2) is 146 Å². The van der Waals surface area contributed by atoms with Crippen LogP contribution in [-0.4, -0.2) is 5.94 Å². The summed E-state index contributed by atoms with van der Waals surface area (Å²) in [4.78, 5) is 17.0. The van der Waals surface area contributed by atoms with E-state index in [0.29, 0.717) is 5.70 Å². The number of aryl methyl sites for hydroxylation is 2. The zero-order valence-corrected chi connectivity index (χ0v) is 33.6. The number of benzene rings is 7. The summed E-state index contributed by atoms with van der Waals surface area (Å²) in [6.07, 6.45) is 13.8. The molecule has 8 aromatic rings. The van der Waals surface area contributed by atoms with E-state index in [1.165, 1.54) is 42.2 Å². The van der Waals surface area contributed by atoms with Crippen molar-refractivity contribution in [3.8, 4) is 11.1 Å². The molecule has 0 spiro atoms. The Bertz CT molecular complexity index is 3180. The zero-order chi connectivity index (χ0) is 39.8. The molecule has 8 rings (SSSR count). The minimum Gasteiger partial charge on any atom is -0.301 e. The zero-order valence-electron chi connectivity index (χ0n) is 32.8. The van der Waals surface area contributed by atoms with E-state index in [1.807, 2.05) is 43.4 Å². The molecule has 0 aliphatic heterocycles. The molecular formula is C54H43NOS. The fraction of sp³-hybridized carbons (Fsp3) is 0.0741. The van der Waals surface area contributed by atoms with Gasteiger partial charge < -0.3 is 4.90 Å². The number of allylic oxidation sites excluding steroid dienone is 4. The van der Waals surface area contributed by atoms with E-state index in [9.17, 15) is 4.79 Å². The quantitative estimate of drug-likeness (QED) is 0.0831. The molecule has 7 aromatic carbocycles. The molecule has 0 aliphatic rings. The third-order valence-corrected chi connectivity index (χ3v) is 12.3. The molecule has 57 heavy (non-hydrogen) atoms. The Morgan fingerprint density at radius 2 is 1.35 bits per heavy atom. The van der Waals surface area contributed by atoms with E-state index in [-0.39, 0.29) is 0 Å². The predicted octanol–water partition coefficient (Wildman–Crippen LogP) is 13.6. The molecule has 0 fully saturated rings. The van der Waals surface area contributed by atoms with Gasteiger partial charge in [-0.05, 0) is 140 Å². The SMILES string of the molecule is C=C/C=C\c1c(C)sc2ccc(N(C(=C=O)/C=c3\c(=C)c(/C=C\C)c(C=C)c4ccccc34)c3cccc(-c4c(C)c5ccccc5c5ccccc45)c3C)cc12. The maximum Gasteiger partial charge on any atom is 0.151 e. The molecule has 276 valence electrons. The van der Waals surface area contributed by atoms with Crippen LogP contribution in [0.4, 0.5) is 11.4 Å². The molecule has 0 saturated carbocycles. The van der Waals surface area contributed by atoms with Crippen LogP contribution >= 0.6 is 11.3 Å². The van der Waals surface area contributed by atoms with Crippen LogP contribution in [0.1, 0.15) is 39.6 Å². The van der Waals surface area contributed by atoms with Gasteiger partial charge in [0.15, 0.2) is 5.94 Å². The van der Waals surface area contributed by atoms with Gasteiger partial charge in [0.25, 0.3) is 0 Å². The van der Waals surface area contributed by atoms with Crippen molar-refractivity contribution in [1.82, 2.24) is 0 Å². The fourth-order valence-electron chi connectivity index (χ4n) is 8.53. The summed E-state index contributed by atoms with van der Waals surface area (Å²) in [5.74, 6) is 2.42. The summed E-state index contributed by atoms with van der Waals surface area (Å²) in [7, 11) is 0. The van der Waals surface area contributed by atoms with Gasteiger partial charge in [-0.3, -0.25) is 0 Å². The largest absolute Gasteiger partial charge is 0.301 e. The highest BCUT2D eigenvalue weighted by atomic mass is 32.1. The van der Waals surface area contributed by atoms with E-state index < -0.39 is 0 Å². The van der Waals surface area contributed by atoms with E-state index in [2.05, 4.69) is 161 Å². The lowest BCUT2D eigenvalue weighted by atomic mass is 9.86. The number of hydrogen-bond donors (Lipinski definition) is 0. The minimum absolute atomic E-state index is 0.373. The summed E-state index contributed by atoms with van der Waals surface area (Å²) in [6, 6.07) is 38.5. The number of fused-ring (bicyclic) bond motifs is 5. The Kier molecular flexibility index (Phi) is 10.0. The Morgan fingerprint density at radius 1 is 0.684 bits per heavy atom. The van der Waals surface area contributed by atoms with Crippen molar-refractivity contribution >= 4 is 102 Å². The maximum absolute atomic E-state index is 13.7. The van der Waals surface area contributed by atoms with Crippen LogP contribution < -0.4 is 15.3 Å². The molecule has 0 aliphatic carbocycles. The predicted molar refractivity (Wildman–Crippen MR) is 251 cm³/mol. The van der Waals surface area contributed by atoms with Crippen LogP contribution in [0, 0.1) is 20.8 Å². The third-order valence-electron chi connectivity index (χ3n) is 11.2. The topological polar surface area (TPSA) is 20.3 Å². The van der Waals surface area contributed by atoms with E-state index in [1.54, 1.807) is 17.4 Å². The average molecular weight is 754 g/mol. The Hall–Kier alpha value is -6.77. The summed E-state index contributed by atoms with van der Waals surface area (Å²) >= 11 is 1.76. The van der Waals surface area contributed by atoms with Crippen LogP contribution in [0.5, 0.6) is 0 Å². The highest BCUT2D eigenvalue weighted by Gasteiger charge is 2.23. The number of hydrogen-bond acceptors (Lipinski definition) is 3. The van der Waals surface area contributed by atoms with Gasteiger partial charge in [0.05, 0.1) is 5.69 Å². The molecule has 1 aromatic heterocycles. The Labute approximate surface area is 338 Å². The van der Waals surface area contributed by atoms with Crippen LogP contribution in [0.3, 0.4) is 0 Å². The molecule has 0 unspecified atom stereocenters. The molecule has 0 amide bonds. The van der Waals surface area contributed by atoms with Crippen molar-refractivity contribution in [2.24, 2.45) is 0 Å². The highest BCUT2D eigenvalue weighted by molar-refractivity contribution is 7.19. The lowest BCUT2D eigenvalue weighted by Gasteiger charge is -2.28. The first kappa shape index (κ1) is 37.2. The summed E-state index contributed by atoms with van der Waals surface area (Å²) in [5, 5.41) is 9.69. The van der Waals surface area contributed by atoms with E-state index in [4.69, 9.17) is 0 Å². The summed E-state index contributed by atoms with van der Waals surface area (Å²) < 4.78 is 1.17. The van der Waals surface area contributed by atoms with Crippen LogP contribution in [0.2, 0.25) is 0 Å². The lowest BCUT2D eigenvalue weighted by molar-refractivity contribution is 0.567. The Balaban J connectivity index is 1.46. The second-order valence-electron chi connectivity index (χ2n) is 14.3. The maximum atomic E-state index is 13.7. The number of carbonyl (C=O) groups excluding carboxylic acids is 1. The molecule has 0 radical (unpaired) electrons. The third kappa shape index (κ3) is 6.28. The standard InChI is InChI=1S/C54H43NOS/c1-8-11-20-44-37(7)57-53-30-29-38(31-51(44)53)55(39(33-56)32-50-34(4)41(19-9-2)40(10-3)45-22-14-15-25-48(45)50)52-28-18-27-43(35(52)5)54-36(6)42-21-12-13-23-46(42)47-24-16-17-26-49(47)54/h8-32H,1,3-4H2,2,5-7H3/b19-9-,20-11-,50-32+. The van der Waals surface area contributed by atoms with Gasteiger partial charge in [0, 0.05) is 20.7 Å². The molecule has 0 saturated heterocycles. The lowest BCUT2D eigenvalue weighted by Crippen LogP contribution is -2.30. The number of thiophene rings is 1. The van der Waals surface area contributed by atoms with Crippen molar-refractivity contribution in [3.63, 3.8) is 0 Å². The normalized spacial score (nSPS) is 12.0. The number of anilines is 2. The molecule has 3 heteroatoms. The van der Waals surface area contributed by atoms with Crippen molar-refractivity contribution in [2.45, 2.75) is 27.7 Å². The smallest absolute Gasteiger partial charge is 0.151 e. The molecule has 0 bridgehead atoms. The van der Waals surface area contributed by atoms with Crippen molar-refractivity contribution in [2.75, 3.05) is 4.90 Å². The second-order valence-corrected chi connectivity index (χ2v) is 15.6. The molecule has 0 atom stereocenters. The average Bonchev–Trinajstić information content (AvgIpc) is 3.55. The monoisotopic (exact) mass is 753 g/mol. The van der Waals surface area contributed by atoms with Gasteiger partial charge in [0.2, 0.25) is 0 Å². The molecule has 2 nitrogen and oxygen atoms in total. The van der Waals surface area contributed by atoms with Crippen molar-refractivity contribution in [1.29, 1.82) is 0 Å². The Morgan fingerprint density at radius 3 is 2.04 bits per heavy atom. The number of nitrogens with zero attached hydrogens (tertiary/aromatic N) is 1. The van der Waals surface area contributed by atoms with Gasteiger partial charge >= 0.3 is 0 Å². The van der Waals surface area contributed by atoms with Gasteiger partial charge in [-0.2, -0.15) is 0 Å². The first-order chi connectivity index (χ1) is 27.8. The van der Waals surface area contributed by atoms with Crippen molar-refractivity contribution < 1.29 is 4.79 Å². The van der Waals surface area contributed by atoms with E-state index >= 15 is 0 Å². The minimum atomic E-state index is 0.373. The van der Waals surface area contributed by atoms with Gasteiger partial charge in [0.1, 0.15) is 5.70 Å². The first-order valence-corrected chi connectivity index (χ1v) is 20.0. The fourth-order valence-corrected chi connectivity index (χ4v) is 9.57. The number of rotatable bonds is 9. The molecular weight excluding hydrogens is 711 g/mol. The van der Waals surface area contributed by atoms with Gasteiger partial charge in [-0.25, -0.2) is 4.79 Å². The summed E-state index contributed by atoms with van der Waals surface area (Å²) in [5.41, 5.74) is 9.81. The van der Waals surface area contributed by atoms with Gasteiger partial charge in [-0.15, -0.1) is 11.3 Å². The second kappa shape index (κ2) is 15.4. The highest BCUT2D eigenvalue weighted by Crippen LogP contribution is 2.44.